The Kier molecular flexibility index (Phi) is 6.04. The molecule has 0 bridgehead atoms. The summed E-state index contributed by atoms with van der Waals surface area (Å²) in [5.41, 5.74) is 6.01. The van der Waals surface area contributed by atoms with E-state index in [0.717, 1.165) is 87.5 Å². The van der Waals surface area contributed by atoms with Gasteiger partial charge in [0.15, 0.2) is 0 Å². The van der Waals surface area contributed by atoms with Crippen molar-refractivity contribution in [2.75, 3.05) is 0 Å². The average molecular weight is 665 g/mol. The topological polar surface area (TPSA) is 52.7 Å². The summed E-state index contributed by atoms with van der Waals surface area (Å²) in [6, 6.07) is 58.1. The standard InChI is InChI=1S/C47H28N4O/c52-46-43-36(35-21-11-12-22-39(35)50(46)32-17-5-2-6-18-32)25-26-37-41-33-19-9-7-14-30(33)24-28-40(41)51(45(37)43)47-48-38-27-23-29-13-8-10-20-34(29)42(38)44(49-47)31-15-3-1-4-16-31/h1-28H. The number of hydrogen-bond donors (Lipinski definition) is 0. The average Bonchev–Trinajstić information content (AvgIpc) is 3.56. The molecule has 0 radical (unpaired) electrons. The molecule has 3 aromatic heterocycles. The van der Waals surface area contributed by atoms with Gasteiger partial charge in [0.1, 0.15) is 0 Å². The number of rotatable bonds is 3. The van der Waals surface area contributed by atoms with Crippen molar-refractivity contribution in [2.45, 2.75) is 0 Å². The van der Waals surface area contributed by atoms with Crippen molar-refractivity contribution in [2.24, 2.45) is 0 Å². The van der Waals surface area contributed by atoms with Crippen LogP contribution in [0.15, 0.2) is 175 Å². The zero-order valence-electron chi connectivity index (χ0n) is 27.9. The summed E-state index contributed by atoms with van der Waals surface area (Å²) < 4.78 is 3.98. The van der Waals surface area contributed by atoms with Crippen LogP contribution >= 0.6 is 0 Å². The molecule has 242 valence electrons. The van der Waals surface area contributed by atoms with Crippen molar-refractivity contribution in [3.63, 3.8) is 0 Å². The highest BCUT2D eigenvalue weighted by molar-refractivity contribution is 6.27. The minimum absolute atomic E-state index is 0.0890. The fourth-order valence-corrected chi connectivity index (χ4v) is 8.27. The molecule has 0 amide bonds. The fraction of sp³-hybridized carbons (Fsp3) is 0. The lowest BCUT2D eigenvalue weighted by atomic mass is 10.00. The van der Waals surface area contributed by atoms with Crippen molar-refractivity contribution < 1.29 is 0 Å². The molecular formula is C47H28N4O. The summed E-state index contributed by atoms with van der Waals surface area (Å²) in [7, 11) is 0. The summed E-state index contributed by atoms with van der Waals surface area (Å²) in [6.45, 7) is 0. The Hall–Kier alpha value is -7.11. The van der Waals surface area contributed by atoms with Gasteiger partial charge in [-0.3, -0.25) is 13.9 Å². The van der Waals surface area contributed by atoms with E-state index in [2.05, 4.69) is 108 Å². The number of hydrogen-bond acceptors (Lipinski definition) is 3. The molecule has 52 heavy (non-hydrogen) atoms. The van der Waals surface area contributed by atoms with Gasteiger partial charge in [0.2, 0.25) is 5.95 Å². The molecule has 0 saturated carbocycles. The second kappa shape index (κ2) is 10.9. The van der Waals surface area contributed by atoms with E-state index in [-0.39, 0.29) is 5.56 Å². The number of benzene rings is 8. The minimum Gasteiger partial charge on any atom is -0.277 e. The van der Waals surface area contributed by atoms with Crippen LogP contribution in [-0.4, -0.2) is 19.1 Å². The molecule has 0 N–H and O–H groups in total. The van der Waals surface area contributed by atoms with Gasteiger partial charge in [0, 0.05) is 32.8 Å². The molecule has 0 spiro atoms. The molecule has 5 nitrogen and oxygen atoms in total. The summed E-state index contributed by atoms with van der Waals surface area (Å²) in [6.07, 6.45) is 0. The normalized spacial score (nSPS) is 11.9. The van der Waals surface area contributed by atoms with Gasteiger partial charge in [-0.25, -0.2) is 9.97 Å². The van der Waals surface area contributed by atoms with Gasteiger partial charge in [-0.15, -0.1) is 0 Å². The molecule has 0 aliphatic rings. The highest BCUT2D eigenvalue weighted by Crippen LogP contribution is 2.41. The van der Waals surface area contributed by atoms with Crippen molar-refractivity contribution in [1.82, 2.24) is 19.1 Å². The van der Waals surface area contributed by atoms with Gasteiger partial charge in [0.25, 0.3) is 5.56 Å². The van der Waals surface area contributed by atoms with E-state index < -0.39 is 0 Å². The maximum Gasteiger partial charge on any atom is 0.265 e. The third-order valence-electron chi connectivity index (χ3n) is 10.5. The minimum atomic E-state index is -0.0890. The van der Waals surface area contributed by atoms with Crippen LogP contribution in [0.4, 0.5) is 0 Å². The van der Waals surface area contributed by atoms with Crippen molar-refractivity contribution in [3.05, 3.63) is 180 Å². The fourth-order valence-electron chi connectivity index (χ4n) is 8.27. The molecule has 0 unspecified atom stereocenters. The van der Waals surface area contributed by atoms with E-state index in [0.29, 0.717) is 11.3 Å². The number of aromatic nitrogens is 4. The summed E-state index contributed by atoms with van der Waals surface area (Å²) in [4.78, 5) is 26.1. The molecule has 0 aliphatic heterocycles. The molecule has 0 aliphatic carbocycles. The van der Waals surface area contributed by atoms with E-state index in [4.69, 9.17) is 9.97 Å². The smallest absolute Gasteiger partial charge is 0.265 e. The second-order valence-corrected chi connectivity index (χ2v) is 13.3. The third kappa shape index (κ3) is 4.02. The predicted molar refractivity (Wildman–Crippen MR) is 215 cm³/mol. The lowest BCUT2D eigenvalue weighted by molar-refractivity contribution is 1.01. The van der Waals surface area contributed by atoms with Crippen LogP contribution in [0.1, 0.15) is 0 Å². The zero-order valence-corrected chi connectivity index (χ0v) is 27.9. The number of nitrogens with zero attached hydrogens (tertiary/aromatic N) is 4. The van der Waals surface area contributed by atoms with Gasteiger partial charge in [-0.1, -0.05) is 140 Å². The second-order valence-electron chi connectivity index (χ2n) is 13.3. The molecular weight excluding hydrogens is 637 g/mol. The third-order valence-corrected chi connectivity index (χ3v) is 10.5. The first-order valence-corrected chi connectivity index (χ1v) is 17.5. The number of fused-ring (bicyclic) bond motifs is 12. The maximum absolute atomic E-state index is 15.2. The first kappa shape index (κ1) is 28.7. The first-order valence-electron chi connectivity index (χ1n) is 17.5. The van der Waals surface area contributed by atoms with Crippen LogP contribution in [0.3, 0.4) is 0 Å². The van der Waals surface area contributed by atoms with Crippen LogP contribution < -0.4 is 5.56 Å². The molecule has 8 aromatic carbocycles. The lowest BCUT2D eigenvalue weighted by Gasteiger charge is -2.16. The Bertz CT molecular complexity index is 3310. The van der Waals surface area contributed by atoms with E-state index in [1.54, 1.807) is 0 Å². The van der Waals surface area contributed by atoms with Crippen molar-refractivity contribution in [3.8, 4) is 22.9 Å². The van der Waals surface area contributed by atoms with Gasteiger partial charge in [-0.2, -0.15) is 0 Å². The summed E-state index contributed by atoms with van der Waals surface area (Å²) in [5, 5.41) is 10.0. The first-order chi connectivity index (χ1) is 25.7. The number of pyridine rings is 1. The maximum atomic E-state index is 15.2. The lowest BCUT2D eigenvalue weighted by Crippen LogP contribution is -2.20. The number of para-hydroxylation sites is 2. The quantitative estimate of drug-likeness (QED) is 0.177. The Morgan fingerprint density at radius 3 is 1.79 bits per heavy atom. The summed E-state index contributed by atoms with van der Waals surface area (Å²) in [5.74, 6) is 0.517. The highest BCUT2D eigenvalue weighted by Gasteiger charge is 2.24. The van der Waals surface area contributed by atoms with E-state index in [9.17, 15) is 0 Å². The molecule has 11 rings (SSSR count). The monoisotopic (exact) mass is 664 g/mol. The molecule has 5 heteroatoms. The molecule has 0 fully saturated rings. The van der Waals surface area contributed by atoms with E-state index in [1.807, 2.05) is 71.3 Å². The van der Waals surface area contributed by atoms with Gasteiger partial charge in [0.05, 0.1) is 33.1 Å². The van der Waals surface area contributed by atoms with Crippen LogP contribution in [0.25, 0.3) is 98.8 Å². The SMILES string of the molecule is O=c1c2c(ccc3c4c5ccccc5ccc4n(-c4nc(-c5ccccc5)c5c(ccc6ccccc65)n4)c32)c2ccccc2n1-c1ccccc1. The van der Waals surface area contributed by atoms with Crippen LogP contribution in [0, 0.1) is 0 Å². The largest absolute Gasteiger partial charge is 0.277 e. The molecule has 0 atom stereocenters. The van der Waals surface area contributed by atoms with Gasteiger partial charge in [-0.05, 0) is 57.3 Å². The molecule has 0 saturated heterocycles. The van der Waals surface area contributed by atoms with Crippen LogP contribution in [-0.2, 0) is 0 Å². The zero-order chi connectivity index (χ0) is 34.3. The van der Waals surface area contributed by atoms with Crippen molar-refractivity contribution >= 4 is 75.9 Å². The van der Waals surface area contributed by atoms with Gasteiger partial charge >= 0.3 is 0 Å². The Labute approximate surface area is 297 Å². The molecule has 11 aromatic rings. The Morgan fingerprint density at radius 2 is 1.02 bits per heavy atom. The van der Waals surface area contributed by atoms with Crippen LogP contribution in [0.2, 0.25) is 0 Å². The Morgan fingerprint density at radius 1 is 0.404 bits per heavy atom. The summed E-state index contributed by atoms with van der Waals surface area (Å²) >= 11 is 0. The Balaban J connectivity index is 1.38. The molecule has 3 heterocycles. The van der Waals surface area contributed by atoms with E-state index in [1.165, 1.54) is 0 Å². The van der Waals surface area contributed by atoms with Crippen LogP contribution in [0.5, 0.6) is 0 Å². The van der Waals surface area contributed by atoms with Gasteiger partial charge < -0.3 is 0 Å². The predicted octanol–water partition coefficient (Wildman–Crippen LogP) is 11.2. The highest BCUT2D eigenvalue weighted by atomic mass is 16.1. The van der Waals surface area contributed by atoms with E-state index >= 15 is 4.79 Å². The van der Waals surface area contributed by atoms with Crippen molar-refractivity contribution in [1.29, 1.82) is 0 Å².